The number of nitrogens with zero attached hydrogens (tertiary/aromatic N) is 1. The van der Waals surface area contributed by atoms with E-state index in [-0.39, 0.29) is 5.02 Å². The number of rotatable bonds is 7. The summed E-state index contributed by atoms with van der Waals surface area (Å²) in [6.07, 6.45) is 7.00. The number of carbonyl (C=O) groups is 1. The van der Waals surface area contributed by atoms with E-state index in [0.717, 1.165) is 17.2 Å². The lowest BCUT2D eigenvalue weighted by molar-refractivity contribution is -0.131. The largest absolute Gasteiger partial charge is 0.478 e. The fourth-order valence-corrected chi connectivity index (χ4v) is 1.81. The van der Waals surface area contributed by atoms with Gasteiger partial charge in [0, 0.05) is 30.7 Å². The van der Waals surface area contributed by atoms with Crippen molar-refractivity contribution in [2.45, 2.75) is 13.5 Å². The third-order valence-corrected chi connectivity index (χ3v) is 2.98. The van der Waals surface area contributed by atoms with Crippen LogP contribution < -0.4 is 5.32 Å². The molecule has 0 spiro atoms. The van der Waals surface area contributed by atoms with Crippen molar-refractivity contribution in [2.24, 2.45) is 4.99 Å². The average molecular weight is 323 g/mol. The van der Waals surface area contributed by atoms with E-state index in [1.807, 2.05) is 0 Å². The number of hydrogen-bond donors (Lipinski definition) is 2. The number of halogens is 2. The molecule has 0 radical (unpaired) electrons. The molecule has 0 fully saturated rings. The Morgan fingerprint density at radius 1 is 1.55 bits per heavy atom. The molecule has 0 saturated carbocycles. The van der Waals surface area contributed by atoms with Crippen LogP contribution in [-0.4, -0.2) is 17.3 Å². The fraction of sp³-hybridized carbons (Fsp3) is 0.125. The molecule has 0 unspecified atom stereocenters. The van der Waals surface area contributed by atoms with Gasteiger partial charge >= 0.3 is 5.97 Å². The Hall–Kier alpha value is -2.40. The van der Waals surface area contributed by atoms with Crippen molar-refractivity contribution < 1.29 is 14.3 Å². The van der Waals surface area contributed by atoms with E-state index in [9.17, 15) is 9.18 Å². The lowest BCUT2D eigenvalue weighted by Crippen LogP contribution is -2.14. The van der Waals surface area contributed by atoms with Crippen LogP contribution >= 0.6 is 11.6 Å². The van der Waals surface area contributed by atoms with Crippen molar-refractivity contribution in [3.8, 4) is 0 Å². The predicted molar refractivity (Wildman–Crippen MR) is 86.5 cm³/mol. The maximum absolute atomic E-state index is 13.3. The maximum Gasteiger partial charge on any atom is 0.330 e. The molecule has 22 heavy (non-hydrogen) atoms. The highest BCUT2D eigenvalue weighted by molar-refractivity contribution is 6.30. The first-order chi connectivity index (χ1) is 10.4. The van der Waals surface area contributed by atoms with Crippen LogP contribution in [0.2, 0.25) is 5.02 Å². The Bertz CT molecular complexity index is 652. The van der Waals surface area contributed by atoms with E-state index in [1.165, 1.54) is 24.5 Å². The van der Waals surface area contributed by atoms with Crippen LogP contribution in [0.15, 0.2) is 53.8 Å². The van der Waals surface area contributed by atoms with Crippen LogP contribution in [0.25, 0.3) is 0 Å². The third-order valence-electron chi connectivity index (χ3n) is 2.69. The van der Waals surface area contributed by atoms with Crippen molar-refractivity contribution >= 4 is 23.8 Å². The molecule has 1 rings (SSSR count). The van der Waals surface area contributed by atoms with Gasteiger partial charge in [-0.15, -0.1) is 0 Å². The zero-order valence-corrected chi connectivity index (χ0v) is 12.8. The Morgan fingerprint density at radius 2 is 2.27 bits per heavy atom. The molecule has 2 N–H and O–H groups in total. The summed E-state index contributed by atoms with van der Waals surface area (Å²) in [5.41, 5.74) is 1.87. The normalized spacial score (nSPS) is 12.0. The van der Waals surface area contributed by atoms with Crippen molar-refractivity contribution in [3.05, 3.63) is 70.8 Å². The van der Waals surface area contributed by atoms with Crippen molar-refractivity contribution in [3.63, 3.8) is 0 Å². The van der Waals surface area contributed by atoms with Crippen LogP contribution in [0.1, 0.15) is 11.1 Å². The van der Waals surface area contributed by atoms with E-state index in [4.69, 9.17) is 16.7 Å². The molecule has 1 aromatic rings. The molecule has 4 nitrogen and oxygen atoms in total. The summed E-state index contributed by atoms with van der Waals surface area (Å²) in [5, 5.41) is 11.8. The number of benzene rings is 1. The number of aliphatic carboxylic acids is 1. The minimum atomic E-state index is -1.08. The highest BCUT2D eigenvalue weighted by Crippen LogP contribution is 2.20. The fourth-order valence-electron chi connectivity index (χ4n) is 1.62. The lowest BCUT2D eigenvalue weighted by Gasteiger charge is -2.10. The molecule has 1 aromatic carbocycles. The number of aliphatic imine (C=N–C) groups is 1. The standard InChI is InChI=1S/C16H16ClFN2O2/c1-3-19-6-4-5-13(9-16(21)22)20-10-12-8-14(17)15(18)7-11(12)2/h3-9,20H,1,10H2,2H3,(H,21,22)/b5-4-,13-9-,19-6+. The molecule has 0 aliphatic heterocycles. The molecule has 6 heteroatoms. The SMILES string of the molecule is C=C/N=C/C=C\C(=C\C(=O)O)NCc1cc(Cl)c(F)cc1C. The van der Waals surface area contributed by atoms with Gasteiger partial charge in [-0.25, -0.2) is 9.18 Å². The van der Waals surface area contributed by atoms with Crippen molar-refractivity contribution in [1.82, 2.24) is 5.32 Å². The topological polar surface area (TPSA) is 61.7 Å². The Morgan fingerprint density at radius 3 is 2.91 bits per heavy atom. The maximum atomic E-state index is 13.3. The van der Waals surface area contributed by atoms with Gasteiger partial charge in [0.05, 0.1) is 5.02 Å². The van der Waals surface area contributed by atoms with Crippen LogP contribution in [0.5, 0.6) is 0 Å². The molecule has 0 amide bonds. The Balaban J connectivity index is 2.86. The van der Waals surface area contributed by atoms with Gasteiger partial charge in [0.1, 0.15) is 5.82 Å². The molecule has 0 heterocycles. The van der Waals surface area contributed by atoms with Crippen molar-refractivity contribution in [2.75, 3.05) is 0 Å². The zero-order valence-electron chi connectivity index (χ0n) is 12.0. The van der Waals surface area contributed by atoms with Gasteiger partial charge < -0.3 is 10.4 Å². The van der Waals surface area contributed by atoms with Crippen molar-refractivity contribution in [1.29, 1.82) is 0 Å². The smallest absolute Gasteiger partial charge is 0.330 e. The molecule has 116 valence electrons. The number of nitrogens with one attached hydrogen (secondary N) is 1. The van der Waals surface area contributed by atoms with Crippen LogP contribution in [0.3, 0.4) is 0 Å². The van der Waals surface area contributed by atoms with Gasteiger partial charge in [-0.3, -0.25) is 4.99 Å². The second kappa shape index (κ2) is 8.79. The van der Waals surface area contributed by atoms with Gasteiger partial charge in [0.15, 0.2) is 0 Å². The quantitative estimate of drug-likeness (QED) is 0.458. The number of allylic oxidation sites excluding steroid dienone is 2. The lowest BCUT2D eigenvalue weighted by atomic mass is 10.1. The first-order valence-electron chi connectivity index (χ1n) is 6.37. The van der Waals surface area contributed by atoms with Gasteiger partial charge in [0.25, 0.3) is 0 Å². The van der Waals surface area contributed by atoms with Gasteiger partial charge in [-0.2, -0.15) is 0 Å². The predicted octanol–water partition coefficient (Wildman–Crippen LogP) is 3.62. The van der Waals surface area contributed by atoms with Crippen LogP contribution in [0, 0.1) is 12.7 Å². The molecule has 0 bridgehead atoms. The second-order valence-corrected chi connectivity index (χ2v) is 4.73. The average Bonchev–Trinajstić information content (AvgIpc) is 2.45. The third kappa shape index (κ3) is 5.93. The summed E-state index contributed by atoms with van der Waals surface area (Å²) in [7, 11) is 0. The second-order valence-electron chi connectivity index (χ2n) is 4.32. The molecule has 0 aromatic heterocycles. The van der Waals surface area contributed by atoms with E-state index >= 15 is 0 Å². The summed E-state index contributed by atoms with van der Waals surface area (Å²) in [6, 6.07) is 2.85. The molecular weight excluding hydrogens is 307 g/mol. The van der Waals surface area contributed by atoms with E-state index in [1.54, 1.807) is 19.1 Å². The molecule has 0 atom stereocenters. The summed E-state index contributed by atoms with van der Waals surface area (Å²) in [4.78, 5) is 14.6. The highest BCUT2D eigenvalue weighted by atomic mass is 35.5. The van der Waals surface area contributed by atoms with Crippen LogP contribution in [-0.2, 0) is 11.3 Å². The first kappa shape index (κ1) is 17.7. The Kier molecular flexibility index (Phi) is 7.05. The number of aryl methyl sites for hydroxylation is 1. The van der Waals surface area contributed by atoms with Gasteiger partial charge in [-0.1, -0.05) is 18.2 Å². The summed E-state index contributed by atoms with van der Waals surface area (Å²) in [5.74, 6) is -1.56. The summed E-state index contributed by atoms with van der Waals surface area (Å²) < 4.78 is 13.3. The number of carboxylic acid groups (broad SMARTS) is 1. The molecular formula is C16H16ClFN2O2. The minimum absolute atomic E-state index is 0.0276. The minimum Gasteiger partial charge on any atom is -0.478 e. The monoisotopic (exact) mass is 322 g/mol. The van der Waals surface area contributed by atoms with Gasteiger partial charge in [-0.05, 0) is 42.3 Å². The Labute approximate surface area is 133 Å². The van der Waals surface area contributed by atoms with E-state index < -0.39 is 11.8 Å². The number of carboxylic acids is 1. The molecule has 0 aliphatic rings. The van der Waals surface area contributed by atoms with Crippen LogP contribution in [0.4, 0.5) is 4.39 Å². The zero-order chi connectivity index (χ0) is 16.5. The highest BCUT2D eigenvalue weighted by Gasteiger charge is 2.06. The first-order valence-corrected chi connectivity index (χ1v) is 6.75. The summed E-state index contributed by atoms with van der Waals surface area (Å²) >= 11 is 5.75. The summed E-state index contributed by atoms with van der Waals surface area (Å²) in [6.45, 7) is 5.49. The van der Waals surface area contributed by atoms with E-state index in [2.05, 4.69) is 16.9 Å². The molecule has 0 saturated heterocycles. The van der Waals surface area contributed by atoms with Gasteiger partial charge in [0.2, 0.25) is 0 Å². The van der Waals surface area contributed by atoms with E-state index in [0.29, 0.717) is 12.2 Å². The number of hydrogen-bond acceptors (Lipinski definition) is 3. The molecule has 0 aliphatic carbocycles.